The van der Waals surface area contributed by atoms with Gasteiger partial charge in [0.25, 0.3) is 0 Å². The van der Waals surface area contributed by atoms with Crippen molar-refractivity contribution in [3.05, 3.63) is 29.8 Å². The second-order valence-electron chi connectivity index (χ2n) is 4.52. The maximum atomic E-state index is 11.3. The third-order valence-corrected chi connectivity index (χ3v) is 2.89. The Morgan fingerprint density at radius 3 is 2.70 bits per heavy atom. The summed E-state index contributed by atoms with van der Waals surface area (Å²) in [6, 6.07) is 6.88. The summed E-state index contributed by atoms with van der Waals surface area (Å²) >= 11 is 0. The number of hydrogen-bond acceptors (Lipinski definition) is 4. The van der Waals surface area contributed by atoms with Gasteiger partial charge in [-0.1, -0.05) is 18.2 Å². The molecule has 0 fully saturated rings. The number of ether oxygens (including phenoxy) is 1. The van der Waals surface area contributed by atoms with E-state index in [1.54, 1.807) is 13.8 Å². The number of nitrogens with one attached hydrogen (secondary N) is 1. The zero-order valence-corrected chi connectivity index (χ0v) is 11.9. The summed E-state index contributed by atoms with van der Waals surface area (Å²) in [6.07, 6.45) is 1.75. The maximum Gasteiger partial charge on any atom is 0.325 e. The van der Waals surface area contributed by atoms with Crippen molar-refractivity contribution >= 4 is 17.6 Å². The highest BCUT2D eigenvalue weighted by Crippen LogP contribution is 2.18. The van der Waals surface area contributed by atoms with E-state index in [2.05, 4.69) is 5.32 Å². The van der Waals surface area contributed by atoms with E-state index in [1.807, 2.05) is 24.3 Å². The molecule has 110 valence electrons. The van der Waals surface area contributed by atoms with Crippen molar-refractivity contribution in [2.24, 2.45) is 0 Å². The number of aliphatic carboxylic acids is 1. The molecule has 0 saturated heterocycles. The van der Waals surface area contributed by atoms with Gasteiger partial charge in [-0.25, -0.2) is 0 Å². The quantitative estimate of drug-likeness (QED) is 0.715. The first-order valence-corrected chi connectivity index (χ1v) is 6.77. The Balaban J connectivity index is 2.57. The highest BCUT2D eigenvalue weighted by molar-refractivity contribution is 5.77. The third kappa shape index (κ3) is 5.30. The minimum Gasteiger partial charge on any atom is -0.480 e. The van der Waals surface area contributed by atoms with Crippen molar-refractivity contribution in [3.63, 3.8) is 0 Å². The lowest BCUT2D eigenvalue weighted by atomic mass is 10.1. The van der Waals surface area contributed by atoms with E-state index < -0.39 is 12.0 Å². The first-order chi connectivity index (χ1) is 9.54. The summed E-state index contributed by atoms with van der Waals surface area (Å²) in [5, 5.41) is 11.9. The number of anilines is 1. The summed E-state index contributed by atoms with van der Waals surface area (Å²) in [5.41, 5.74) is 1.80. The van der Waals surface area contributed by atoms with Gasteiger partial charge >= 0.3 is 11.9 Å². The van der Waals surface area contributed by atoms with Crippen molar-refractivity contribution in [1.82, 2.24) is 0 Å². The molecule has 20 heavy (non-hydrogen) atoms. The van der Waals surface area contributed by atoms with Crippen LogP contribution < -0.4 is 5.32 Å². The molecule has 0 saturated carbocycles. The lowest BCUT2D eigenvalue weighted by molar-refractivity contribution is -0.143. The Morgan fingerprint density at radius 2 is 2.05 bits per heavy atom. The molecule has 0 bridgehead atoms. The molecule has 0 radical (unpaired) electrons. The molecule has 0 aliphatic rings. The van der Waals surface area contributed by atoms with Crippen molar-refractivity contribution in [1.29, 1.82) is 0 Å². The molecule has 0 amide bonds. The molecule has 0 aliphatic heterocycles. The number of aryl methyl sites for hydroxylation is 1. The molecule has 0 aromatic heterocycles. The van der Waals surface area contributed by atoms with Crippen LogP contribution in [0.4, 0.5) is 5.69 Å². The predicted octanol–water partition coefficient (Wildman–Crippen LogP) is 2.46. The number of hydrogen-bond donors (Lipinski definition) is 2. The fraction of sp³-hybridized carbons (Fsp3) is 0.467. The second kappa shape index (κ2) is 8.19. The van der Waals surface area contributed by atoms with E-state index >= 15 is 0 Å². The maximum absolute atomic E-state index is 11.3. The molecule has 0 heterocycles. The van der Waals surface area contributed by atoms with Crippen molar-refractivity contribution in [3.8, 4) is 0 Å². The number of benzene rings is 1. The third-order valence-electron chi connectivity index (χ3n) is 2.89. The largest absolute Gasteiger partial charge is 0.480 e. The summed E-state index contributed by atoms with van der Waals surface area (Å²) in [4.78, 5) is 22.1. The average molecular weight is 279 g/mol. The van der Waals surface area contributed by atoms with Crippen LogP contribution in [0.1, 0.15) is 32.3 Å². The van der Waals surface area contributed by atoms with Gasteiger partial charge in [0.1, 0.15) is 6.04 Å². The number of carboxylic acids is 1. The van der Waals surface area contributed by atoms with E-state index in [0.717, 1.165) is 11.3 Å². The molecule has 1 rings (SSSR count). The van der Waals surface area contributed by atoms with Gasteiger partial charge in [0.2, 0.25) is 0 Å². The van der Waals surface area contributed by atoms with Gasteiger partial charge in [-0.15, -0.1) is 0 Å². The molecule has 0 unspecified atom stereocenters. The molecule has 2 N–H and O–H groups in total. The molecular weight excluding hydrogens is 258 g/mol. The number of esters is 1. The Labute approximate surface area is 118 Å². The monoisotopic (exact) mass is 279 g/mol. The van der Waals surface area contributed by atoms with Crippen LogP contribution in [0, 0.1) is 0 Å². The number of para-hydroxylation sites is 1. The zero-order valence-electron chi connectivity index (χ0n) is 11.9. The van der Waals surface area contributed by atoms with Crippen LogP contribution in [-0.2, 0) is 20.7 Å². The van der Waals surface area contributed by atoms with Crippen LogP contribution in [0.25, 0.3) is 0 Å². The van der Waals surface area contributed by atoms with Crippen LogP contribution in [0.2, 0.25) is 0 Å². The van der Waals surface area contributed by atoms with Crippen molar-refractivity contribution in [2.45, 2.75) is 39.2 Å². The normalized spacial score (nSPS) is 11.7. The molecule has 1 aromatic carbocycles. The van der Waals surface area contributed by atoms with E-state index in [9.17, 15) is 9.59 Å². The molecule has 1 atom stereocenters. The van der Waals surface area contributed by atoms with Crippen LogP contribution in [0.15, 0.2) is 24.3 Å². The van der Waals surface area contributed by atoms with Crippen LogP contribution in [-0.4, -0.2) is 29.7 Å². The fourth-order valence-corrected chi connectivity index (χ4v) is 1.83. The highest BCUT2D eigenvalue weighted by atomic mass is 16.5. The Bertz CT molecular complexity index is 459. The first kappa shape index (κ1) is 16.0. The molecule has 0 aliphatic carbocycles. The molecule has 5 nitrogen and oxygen atoms in total. The van der Waals surface area contributed by atoms with Gasteiger partial charge in [0.15, 0.2) is 0 Å². The standard InChI is InChI=1S/C15H21NO4/c1-3-20-14(17)10-6-8-12-7-4-5-9-13(12)16-11(2)15(18)19/h4-5,7,9,11,16H,3,6,8,10H2,1-2H3,(H,18,19)/t11-/m0/s1. The summed E-state index contributed by atoms with van der Waals surface area (Å²) in [5.74, 6) is -1.09. The Kier molecular flexibility index (Phi) is 6.56. The smallest absolute Gasteiger partial charge is 0.325 e. The summed E-state index contributed by atoms with van der Waals surface area (Å²) in [7, 11) is 0. The van der Waals surface area contributed by atoms with E-state index in [4.69, 9.17) is 9.84 Å². The summed E-state index contributed by atoms with van der Waals surface area (Å²) < 4.78 is 4.87. The van der Waals surface area contributed by atoms with Gasteiger partial charge in [-0.3, -0.25) is 9.59 Å². The Morgan fingerprint density at radius 1 is 1.35 bits per heavy atom. The number of carbonyl (C=O) groups excluding carboxylic acids is 1. The Hall–Kier alpha value is -2.04. The number of rotatable bonds is 8. The zero-order chi connectivity index (χ0) is 15.0. The molecule has 5 heteroatoms. The lowest BCUT2D eigenvalue weighted by Crippen LogP contribution is -2.25. The van der Waals surface area contributed by atoms with Crippen LogP contribution in [0.3, 0.4) is 0 Å². The van der Waals surface area contributed by atoms with Crippen molar-refractivity contribution in [2.75, 3.05) is 11.9 Å². The SMILES string of the molecule is CCOC(=O)CCCc1ccccc1N[C@@H](C)C(=O)O. The first-order valence-electron chi connectivity index (χ1n) is 6.77. The average Bonchev–Trinajstić information content (AvgIpc) is 2.40. The van der Waals surface area contributed by atoms with E-state index in [0.29, 0.717) is 25.9 Å². The van der Waals surface area contributed by atoms with Gasteiger partial charge < -0.3 is 15.2 Å². The molecule has 1 aromatic rings. The summed E-state index contributed by atoms with van der Waals surface area (Å²) in [6.45, 7) is 3.77. The number of carbonyl (C=O) groups is 2. The van der Waals surface area contributed by atoms with Gasteiger partial charge in [0.05, 0.1) is 6.61 Å². The minimum atomic E-state index is -0.897. The minimum absolute atomic E-state index is 0.197. The second-order valence-corrected chi connectivity index (χ2v) is 4.52. The van der Waals surface area contributed by atoms with Gasteiger partial charge in [-0.2, -0.15) is 0 Å². The fourth-order valence-electron chi connectivity index (χ4n) is 1.83. The number of carboxylic acid groups (broad SMARTS) is 1. The van der Waals surface area contributed by atoms with E-state index in [1.165, 1.54) is 0 Å². The van der Waals surface area contributed by atoms with Crippen LogP contribution >= 0.6 is 0 Å². The molecular formula is C15H21NO4. The van der Waals surface area contributed by atoms with E-state index in [-0.39, 0.29) is 5.97 Å². The molecule has 0 spiro atoms. The van der Waals surface area contributed by atoms with Crippen molar-refractivity contribution < 1.29 is 19.4 Å². The van der Waals surface area contributed by atoms with Gasteiger partial charge in [-0.05, 0) is 38.3 Å². The lowest BCUT2D eigenvalue weighted by Gasteiger charge is -2.14. The van der Waals surface area contributed by atoms with Gasteiger partial charge in [0, 0.05) is 12.1 Å². The predicted molar refractivity (Wildman–Crippen MR) is 76.7 cm³/mol. The topological polar surface area (TPSA) is 75.6 Å². The van der Waals surface area contributed by atoms with Crippen LogP contribution in [0.5, 0.6) is 0 Å². The highest BCUT2D eigenvalue weighted by Gasteiger charge is 2.12.